The Bertz CT molecular complexity index is 334. The number of nitrogens with zero attached hydrogens (tertiary/aromatic N) is 2. The average molecular weight is 209 g/mol. The lowest BCUT2D eigenvalue weighted by atomic mass is 10.3. The van der Waals surface area contributed by atoms with Crippen LogP contribution in [0.3, 0.4) is 0 Å². The zero-order chi connectivity index (χ0) is 10.6. The number of benzene rings is 1. The lowest BCUT2D eigenvalue weighted by Gasteiger charge is -2.19. The molecule has 0 aromatic heterocycles. The van der Waals surface area contributed by atoms with Crippen molar-refractivity contribution < 1.29 is 4.68 Å². The van der Waals surface area contributed by atoms with Crippen molar-refractivity contribution in [3.8, 4) is 0 Å². The fourth-order valence-corrected chi connectivity index (χ4v) is 2.08. The molecule has 76 valence electrons. The summed E-state index contributed by atoms with van der Waals surface area (Å²) in [6, 6.07) is 8.40. The van der Waals surface area contributed by atoms with E-state index in [9.17, 15) is 0 Å². The van der Waals surface area contributed by atoms with Crippen LogP contribution in [0.2, 0.25) is 0 Å². The molecule has 0 bridgehead atoms. The minimum atomic E-state index is 1.27. The molecule has 2 rings (SSSR count). The number of rotatable bonds is 0. The van der Waals surface area contributed by atoms with Crippen molar-refractivity contribution in [1.82, 2.24) is 0 Å². The van der Waals surface area contributed by atoms with Crippen molar-refractivity contribution in [2.75, 3.05) is 19.1 Å². The smallest absolute Gasteiger partial charge is 0.156 e. The normalized spacial score (nSPS) is 13.7. The highest BCUT2D eigenvalue weighted by Gasteiger charge is 2.18. The molecule has 0 saturated carbocycles. The number of hydrogen-bond acceptors (Lipinski definition) is 2. The fraction of sp³-hybridized carbons (Fsp3) is 0.364. The van der Waals surface area contributed by atoms with E-state index >= 15 is 0 Å². The van der Waals surface area contributed by atoms with E-state index in [1.54, 1.807) is 11.8 Å². The average Bonchev–Trinajstić information content (AvgIpc) is 2.27. The lowest BCUT2D eigenvalue weighted by Crippen LogP contribution is -2.30. The molecule has 1 aliphatic heterocycles. The number of anilines is 1. The second kappa shape index (κ2) is 5.05. The molecule has 1 heterocycles. The van der Waals surface area contributed by atoms with Crippen LogP contribution in [-0.4, -0.2) is 24.3 Å². The Morgan fingerprint density at radius 3 is 2.57 bits per heavy atom. The third kappa shape index (κ3) is 2.10. The van der Waals surface area contributed by atoms with Gasteiger partial charge in [-0.3, -0.25) is 0 Å². The van der Waals surface area contributed by atoms with Crippen LogP contribution in [0.4, 0.5) is 5.69 Å². The van der Waals surface area contributed by atoms with Gasteiger partial charge in [0.05, 0.1) is 7.05 Å². The van der Waals surface area contributed by atoms with Gasteiger partial charge in [0.15, 0.2) is 7.05 Å². The molecule has 2 nitrogen and oxygen atoms in total. The second-order valence-corrected chi connectivity index (χ2v) is 3.67. The molecule has 0 fully saturated rings. The van der Waals surface area contributed by atoms with Gasteiger partial charge in [-0.25, -0.2) is 0 Å². The largest absolute Gasteiger partial charge is 0.232 e. The predicted octanol–water partition coefficient (Wildman–Crippen LogP) is 2.84. The first-order valence-corrected chi connectivity index (χ1v) is 5.72. The van der Waals surface area contributed by atoms with Crippen molar-refractivity contribution >= 4 is 23.0 Å². The summed E-state index contributed by atoms with van der Waals surface area (Å²) < 4.78 is 2.08. The molecule has 0 saturated heterocycles. The maximum Gasteiger partial charge on any atom is 0.232 e. The summed E-state index contributed by atoms with van der Waals surface area (Å²) >= 11 is 1.76. The van der Waals surface area contributed by atoms with Gasteiger partial charge >= 0.3 is 0 Å². The van der Waals surface area contributed by atoms with Gasteiger partial charge in [-0.1, -0.05) is 26.0 Å². The number of fused-ring (bicyclic) bond motifs is 1. The van der Waals surface area contributed by atoms with E-state index in [0.717, 1.165) is 0 Å². The summed E-state index contributed by atoms with van der Waals surface area (Å²) in [7, 11) is 4.11. The van der Waals surface area contributed by atoms with Crippen LogP contribution in [0.5, 0.6) is 0 Å². The summed E-state index contributed by atoms with van der Waals surface area (Å²) in [5.41, 5.74) is 3.37. The Hall–Kier alpha value is -0.960. The van der Waals surface area contributed by atoms with E-state index in [-0.39, 0.29) is 0 Å². The Kier molecular flexibility index (Phi) is 4.01. The van der Waals surface area contributed by atoms with Crippen LogP contribution in [0.15, 0.2) is 29.2 Å². The van der Waals surface area contributed by atoms with Crippen LogP contribution >= 0.6 is 11.8 Å². The first kappa shape index (κ1) is 11.1. The molecule has 0 N–H and O–H groups in total. The van der Waals surface area contributed by atoms with Crippen molar-refractivity contribution in [2.45, 2.75) is 18.7 Å². The topological polar surface area (TPSA) is 6.25 Å². The third-order valence-electron chi connectivity index (χ3n) is 2.02. The number of hydrazine groups is 1. The van der Waals surface area contributed by atoms with Gasteiger partial charge in [0.1, 0.15) is 5.69 Å². The molecule has 1 aliphatic rings. The highest BCUT2D eigenvalue weighted by atomic mass is 32.2. The predicted molar refractivity (Wildman–Crippen MR) is 64.3 cm³/mol. The highest BCUT2D eigenvalue weighted by Crippen LogP contribution is 2.30. The number of hydrogen-bond donors (Lipinski definition) is 0. The van der Waals surface area contributed by atoms with E-state index in [1.807, 2.05) is 20.9 Å². The number of para-hydroxylation sites is 1. The monoisotopic (exact) mass is 209 g/mol. The SMILES string of the molecule is CC.CN1c2ccccc2SC=[N+]1C. The van der Waals surface area contributed by atoms with Gasteiger partial charge in [0, 0.05) is 4.90 Å². The van der Waals surface area contributed by atoms with E-state index in [4.69, 9.17) is 0 Å². The second-order valence-electron chi connectivity index (χ2n) is 2.79. The minimum Gasteiger partial charge on any atom is -0.156 e. The number of hydrazone groups is 1. The summed E-state index contributed by atoms with van der Waals surface area (Å²) in [6.07, 6.45) is 0. The van der Waals surface area contributed by atoms with E-state index in [0.29, 0.717) is 0 Å². The zero-order valence-electron chi connectivity index (χ0n) is 9.19. The molecular weight excluding hydrogens is 192 g/mol. The van der Waals surface area contributed by atoms with Crippen LogP contribution in [0, 0.1) is 0 Å². The Labute approximate surface area is 90.2 Å². The minimum absolute atomic E-state index is 1.27. The number of thioether (sulfide) groups is 1. The van der Waals surface area contributed by atoms with Crippen molar-refractivity contribution in [3.05, 3.63) is 24.3 Å². The first-order valence-electron chi connectivity index (χ1n) is 4.84. The van der Waals surface area contributed by atoms with Crippen LogP contribution < -0.4 is 5.01 Å². The molecule has 0 radical (unpaired) electrons. The molecule has 1 aromatic rings. The molecule has 0 atom stereocenters. The molecule has 1 aromatic carbocycles. The summed E-state index contributed by atoms with van der Waals surface area (Å²) in [4.78, 5) is 1.32. The van der Waals surface area contributed by atoms with Gasteiger partial charge in [-0.2, -0.15) is 5.01 Å². The van der Waals surface area contributed by atoms with Crippen molar-refractivity contribution in [2.24, 2.45) is 0 Å². The van der Waals surface area contributed by atoms with Gasteiger partial charge in [0.25, 0.3) is 0 Å². The van der Waals surface area contributed by atoms with Gasteiger partial charge < -0.3 is 0 Å². The van der Waals surface area contributed by atoms with E-state index in [1.165, 1.54) is 10.6 Å². The van der Waals surface area contributed by atoms with E-state index < -0.39 is 0 Å². The Morgan fingerprint density at radius 1 is 1.21 bits per heavy atom. The standard InChI is InChI=1S/C9H11N2S.C2H6/c1-10-7-12-9-6-4-3-5-8(9)11(10)2;1-2/h3-7H,1-2H3;1-2H3/q+1;. The third-order valence-corrected chi connectivity index (χ3v) is 3.03. The Morgan fingerprint density at radius 2 is 1.86 bits per heavy atom. The molecule has 0 amide bonds. The molecular formula is C11H17N2S+. The molecule has 3 heteroatoms. The molecule has 0 aliphatic carbocycles. The van der Waals surface area contributed by atoms with Crippen LogP contribution in [0.1, 0.15) is 13.8 Å². The van der Waals surface area contributed by atoms with Crippen molar-refractivity contribution in [1.29, 1.82) is 0 Å². The van der Waals surface area contributed by atoms with Crippen LogP contribution in [-0.2, 0) is 0 Å². The lowest BCUT2D eigenvalue weighted by molar-refractivity contribution is -0.501. The molecule has 14 heavy (non-hydrogen) atoms. The maximum absolute atomic E-state index is 2.14. The van der Waals surface area contributed by atoms with Crippen LogP contribution in [0.25, 0.3) is 0 Å². The highest BCUT2D eigenvalue weighted by molar-refractivity contribution is 8.12. The summed E-state index contributed by atoms with van der Waals surface area (Å²) in [5.74, 6) is 0. The quantitative estimate of drug-likeness (QED) is 0.606. The summed E-state index contributed by atoms with van der Waals surface area (Å²) in [6.45, 7) is 4.00. The van der Waals surface area contributed by atoms with Crippen molar-refractivity contribution in [3.63, 3.8) is 0 Å². The van der Waals surface area contributed by atoms with E-state index in [2.05, 4.69) is 46.6 Å². The van der Waals surface area contributed by atoms with Gasteiger partial charge in [-0.15, -0.1) is 4.68 Å². The summed E-state index contributed by atoms with van der Waals surface area (Å²) in [5, 5.41) is 2.13. The van der Waals surface area contributed by atoms with Gasteiger partial charge in [-0.05, 0) is 23.9 Å². The molecule has 0 spiro atoms. The molecule has 0 unspecified atom stereocenters. The zero-order valence-corrected chi connectivity index (χ0v) is 10.0. The van der Waals surface area contributed by atoms with Gasteiger partial charge in [0.2, 0.25) is 5.55 Å². The Balaban J connectivity index is 0.000000461. The fourth-order valence-electron chi connectivity index (χ4n) is 1.20. The maximum atomic E-state index is 2.14. The first-order chi connectivity index (χ1) is 6.79.